The van der Waals surface area contributed by atoms with Crippen molar-refractivity contribution in [1.29, 1.82) is 0 Å². The molecule has 0 atom stereocenters. The zero-order valence-corrected chi connectivity index (χ0v) is 9.21. The van der Waals surface area contributed by atoms with Crippen LogP contribution in [0.2, 0.25) is 0 Å². The molecule has 7 heteroatoms. The smallest absolute Gasteiger partial charge is 0.277 e. The van der Waals surface area contributed by atoms with Gasteiger partial charge in [0.2, 0.25) is 0 Å². The molecule has 0 rings (SSSR count). The molecule has 14 heavy (non-hydrogen) atoms. The fourth-order valence-corrected chi connectivity index (χ4v) is 1.89. The number of rotatable bonds is 7. The minimum Gasteiger partial charge on any atom is -0.395 e. The van der Waals surface area contributed by atoms with E-state index in [0.29, 0.717) is 6.54 Å². The maximum atomic E-state index is 11.2. The molecule has 0 aromatic rings. The van der Waals surface area contributed by atoms with E-state index in [1.165, 1.54) is 0 Å². The Morgan fingerprint density at radius 3 is 2.07 bits per heavy atom. The molecule has 0 saturated heterocycles. The van der Waals surface area contributed by atoms with E-state index < -0.39 is 29.5 Å². The van der Waals surface area contributed by atoms with Gasteiger partial charge in [-0.1, -0.05) is 13.8 Å². The van der Waals surface area contributed by atoms with Crippen molar-refractivity contribution < 1.29 is 18.6 Å². The van der Waals surface area contributed by atoms with Crippen LogP contribution in [0, 0.1) is 5.92 Å². The highest BCUT2D eigenvalue weighted by Gasteiger charge is 2.15. The van der Waals surface area contributed by atoms with Gasteiger partial charge in [-0.05, 0) is 5.92 Å². The van der Waals surface area contributed by atoms with E-state index in [2.05, 4.69) is 9.44 Å². The third-order valence-corrected chi connectivity index (χ3v) is 2.63. The van der Waals surface area contributed by atoms with Gasteiger partial charge in [0.15, 0.2) is 0 Å². The van der Waals surface area contributed by atoms with Crippen molar-refractivity contribution in [3.8, 4) is 0 Å². The molecule has 0 spiro atoms. The van der Waals surface area contributed by atoms with Gasteiger partial charge in [0, 0.05) is 6.54 Å². The first-order valence-corrected chi connectivity index (χ1v) is 5.88. The normalized spacial score (nSPS) is 12.7. The van der Waals surface area contributed by atoms with Gasteiger partial charge in [-0.3, -0.25) is 0 Å². The van der Waals surface area contributed by atoms with Crippen LogP contribution in [0.4, 0.5) is 0 Å². The average Bonchev–Trinajstić information content (AvgIpc) is 2.11. The first kappa shape index (κ1) is 13.8. The zero-order valence-electron chi connectivity index (χ0n) is 8.40. The molecule has 0 amide bonds. The minimum atomic E-state index is -3.62. The van der Waals surface area contributed by atoms with Crippen LogP contribution < -0.4 is 9.44 Å². The Morgan fingerprint density at radius 1 is 1.21 bits per heavy atom. The van der Waals surface area contributed by atoms with Crippen molar-refractivity contribution in [2.24, 2.45) is 5.92 Å². The second-order valence-electron chi connectivity index (χ2n) is 3.43. The van der Waals surface area contributed by atoms with E-state index in [4.69, 9.17) is 10.2 Å². The summed E-state index contributed by atoms with van der Waals surface area (Å²) >= 11 is 0. The predicted molar refractivity (Wildman–Crippen MR) is 52.9 cm³/mol. The summed E-state index contributed by atoms with van der Waals surface area (Å²) in [6, 6.07) is -0.848. The number of nitrogens with one attached hydrogen (secondary N) is 2. The van der Waals surface area contributed by atoms with Crippen LogP contribution in [0.5, 0.6) is 0 Å². The molecule has 0 aliphatic heterocycles. The Balaban J connectivity index is 4.06. The largest absolute Gasteiger partial charge is 0.395 e. The third-order valence-electron chi connectivity index (χ3n) is 1.44. The molecular formula is C7H18N2O4S. The predicted octanol–water partition coefficient (Wildman–Crippen LogP) is -1.58. The molecule has 0 unspecified atom stereocenters. The topological polar surface area (TPSA) is 98.7 Å². The van der Waals surface area contributed by atoms with E-state index >= 15 is 0 Å². The molecule has 0 heterocycles. The number of hydrogen-bond donors (Lipinski definition) is 4. The molecule has 0 fully saturated rings. The number of aliphatic hydroxyl groups excluding tert-OH is 2. The maximum absolute atomic E-state index is 11.2. The lowest BCUT2D eigenvalue weighted by atomic mass is 10.2. The van der Waals surface area contributed by atoms with Crippen molar-refractivity contribution in [3.05, 3.63) is 0 Å². The third kappa shape index (κ3) is 6.28. The second kappa shape index (κ2) is 6.31. The summed E-state index contributed by atoms with van der Waals surface area (Å²) in [5, 5.41) is 17.3. The van der Waals surface area contributed by atoms with Gasteiger partial charge in [0.25, 0.3) is 10.2 Å². The average molecular weight is 226 g/mol. The molecule has 0 aromatic heterocycles. The molecule has 0 aromatic carbocycles. The molecule has 6 nitrogen and oxygen atoms in total. The van der Waals surface area contributed by atoms with Crippen molar-refractivity contribution in [3.63, 3.8) is 0 Å². The van der Waals surface area contributed by atoms with Crippen LogP contribution in [0.3, 0.4) is 0 Å². The van der Waals surface area contributed by atoms with Gasteiger partial charge < -0.3 is 10.2 Å². The lowest BCUT2D eigenvalue weighted by Crippen LogP contribution is -2.46. The summed E-state index contributed by atoms with van der Waals surface area (Å²) < 4.78 is 26.8. The Morgan fingerprint density at radius 2 is 1.71 bits per heavy atom. The van der Waals surface area contributed by atoms with Crippen LogP contribution in [-0.2, 0) is 10.2 Å². The second-order valence-corrected chi connectivity index (χ2v) is 4.96. The van der Waals surface area contributed by atoms with Gasteiger partial charge in [0.05, 0.1) is 19.3 Å². The first-order valence-electron chi connectivity index (χ1n) is 4.40. The molecular weight excluding hydrogens is 208 g/mol. The fourth-order valence-electron chi connectivity index (χ4n) is 0.670. The van der Waals surface area contributed by atoms with Crippen LogP contribution in [0.25, 0.3) is 0 Å². The lowest BCUT2D eigenvalue weighted by Gasteiger charge is -2.15. The van der Waals surface area contributed by atoms with Gasteiger partial charge in [0.1, 0.15) is 0 Å². The van der Waals surface area contributed by atoms with Crippen LogP contribution in [-0.4, -0.2) is 44.4 Å². The highest BCUT2D eigenvalue weighted by Crippen LogP contribution is 1.90. The molecule has 0 aliphatic rings. The molecule has 0 aliphatic carbocycles. The minimum absolute atomic E-state index is 0.202. The Labute approximate surface area is 84.5 Å². The highest BCUT2D eigenvalue weighted by molar-refractivity contribution is 7.87. The number of aliphatic hydroxyl groups is 2. The van der Waals surface area contributed by atoms with E-state index in [1.807, 2.05) is 13.8 Å². The van der Waals surface area contributed by atoms with E-state index in [-0.39, 0.29) is 5.92 Å². The van der Waals surface area contributed by atoms with E-state index in [0.717, 1.165) is 0 Å². The van der Waals surface area contributed by atoms with Gasteiger partial charge in [-0.2, -0.15) is 13.1 Å². The van der Waals surface area contributed by atoms with Crippen LogP contribution in [0.15, 0.2) is 0 Å². The molecule has 4 N–H and O–H groups in total. The Bertz CT molecular complexity index is 236. The number of hydrogen-bond acceptors (Lipinski definition) is 4. The summed E-state index contributed by atoms with van der Waals surface area (Å²) in [5.74, 6) is 0.202. The van der Waals surface area contributed by atoms with Gasteiger partial charge in [-0.25, -0.2) is 4.72 Å². The molecule has 0 bridgehead atoms. The van der Waals surface area contributed by atoms with Crippen LogP contribution >= 0.6 is 0 Å². The van der Waals surface area contributed by atoms with Crippen LogP contribution in [0.1, 0.15) is 13.8 Å². The van der Waals surface area contributed by atoms with Crippen molar-refractivity contribution >= 4 is 10.2 Å². The summed E-state index contributed by atoms with van der Waals surface area (Å²) in [4.78, 5) is 0. The SMILES string of the molecule is CC(C)CNS(=O)(=O)NC(CO)CO. The molecule has 0 radical (unpaired) electrons. The fraction of sp³-hybridized carbons (Fsp3) is 1.00. The van der Waals surface area contributed by atoms with Crippen molar-refractivity contribution in [2.75, 3.05) is 19.8 Å². The summed E-state index contributed by atoms with van der Waals surface area (Å²) in [5.41, 5.74) is 0. The van der Waals surface area contributed by atoms with Crippen molar-refractivity contribution in [1.82, 2.24) is 9.44 Å². The zero-order chi connectivity index (χ0) is 11.2. The summed E-state index contributed by atoms with van der Waals surface area (Å²) in [7, 11) is -3.62. The molecule has 0 saturated carbocycles. The highest BCUT2D eigenvalue weighted by atomic mass is 32.2. The first-order chi connectivity index (χ1) is 6.41. The van der Waals surface area contributed by atoms with Gasteiger partial charge in [-0.15, -0.1) is 0 Å². The summed E-state index contributed by atoms with van der Waals surface area (Å²) in [6.07, 6.45) is 0. The Hall–Kier alpha value is -0.210. The van der Waals surface area contributed by atoms with E-state index in [9.17, 15) is 8.42 Å². The van der Waals surface area contributed by atoms with E-state index in [1.54, 1.807) is 0 Å². The quantitative estimate of drug-likeness (QED) is 0.421. The van der Waals surface area contributed by atoms with Gasteiger partial charge >= 0.3 is 0 Å². The van der Waals surface area contributed by atoms with Crippen molar-refractivity contribution in [2.45, 2.75) is 19.9 Å². The monoisotopic (exact) mass is 226 g/mol. The Kier molecular flexibility index (Phi) is 6.21. The molecule has 86 valence electrons. The standard InChI is InChI=1S/C7H18N2O4S/c1-6(2)3-8-14(12,13)9-7(4-10)5-11/h6-11H,3-5H2,1-2H3. The lowest BCUT2D eigenvalue weighted by molar-refractivity contribution is 0.184. The summed E-state index contributed by atoms with van der Waals surface area (Å²) in [6.45, 7) is 3.20. The maximum Gasteiger partial charge on any atom is 0.277 e.